The molecule has 1 aromatic carbocycles. The fraction of sp³-hybridized carbons (Fsp3) is 0.318. The molecule has 0 N–H and O–H groups in total. The Morgan fingerprint density at radius 2 is 1.82 bits per heavy atom. The normalized spacial score (nSPS) is 14.1. The van der Waals surface area contributed by atoms with Gasteiger partial charge in [0.2, 0.25) is 5.88 Å². The van der Waals surface area contributed by atoms with Crippen molar-refractivity contribution in [3.8, 4) is 17.3 Å². The van der Waals surface area contributed by atoms with Crippen molar-refractivity contribution in [1.82, 2.24) is 19.4 Å². The molecule has 0 saturated heterocycles. The summed E-state index contributed by atoms with van der Waals surface area (Å²) in [7, 11) is 0. The Bertz CT molecular complexity index is 1230. The summed E-state index contributed by atoms with van der Waals surface area (Å²) in [6, 6.07) is 9.75. The quantitative estimate of drug-likeness (QED) is 0.472. The first-order chi connectivity index (χ1) is 13.5. The van der Waals surface area contributed by atoms with E-state index in [1.54, 1.807) is 0 Å². The highest BCUT2D eigenvalue weighted by Gasteiger charge is 2.23. The maximum absolute atomic E-state index is 6.29. The molecule has 0 aliphatic heterocycles. The van der Waals surface area contributed by atoms with Gasteiger partial charge in [-0.1, -0.05) is 17.7 Å². The van der Waals surface area contributed by atoms with Crippen molar-refractivity contribution in [2.75, 3.05) is 6.61 Å². The third kappa shape index (κ3) is 2.90. The largest absolute Gasteiger partial charge is 0.477 e. The molecule has 1 fully saturated rings. The Kier molecular flexibility index (Phi) is 4.02. The van der Waals surface area contributed by atoms with Gasteiger partial charge in [0, 0.05) is 16.7 Å². The van der Waals surface area contributed by atoms with Gasteiger partial charge in [0.15, 0.2) is 5.65 Å². The van der Waals surface area contributed by atoms with Gasteiger partial charge in [0.25, 0.3) is 0 Å². The average molecular weight is 393 g/mol. The zero-order valence-electron chi connectivity index (χ0n) is 16.2. The Morgan fingerprint density at radius 1 is 1.04 bits per heavy atom. The van der Waals surface area contributed by atoms with Crippen LogP contribution in [0.3, 0.4) is 0 Å². The lowest BCUT2D eigenvalue weighted by molar-refractivity contribution is 0.289. The summed E-state index contributed by atoms with van der Waals surface area (Å²) >= 11 is 6.29. The van der Waals surface area contributed by atoms with Gasteiger partial charge in [-0.05, 0) is 63.3 Å². The smallest absolute Gasteiger partial charge is 0.215 e. The maximum atomic E-state index is 6.29. The number of benzene rings is 1. The number of imidazole rings is 1. The lowest BCUT2D eigenvalue weighted by Gasteiger charge is -2.11. The van der Waals surface area contributed by atoms with Crippen LogP contribution in [0.1, 0.15) is 29.8 Å². The minimum atomic E-state index is 0.631. The van der Waals surface area contributed by atoms with E-state index in [1.807, 2.05) is 44.2 Å². The van der Waals surface area contributed by atoms with Gasteiger partial charge < -0.3 is 4.74 Å². The van der Waals surface area contributed by atoms with E-state index in [0.29, 0.717) is 16.8 Å². The van der Waals surface area contributed by atoms with Crippen LogP contribution in [-0.2, 0) is 0 Å². The van der Waals surface area contributed by atoms with Gasteiger partial charge in [-0.3, -0.25) is 4.40 Å². The lowest BCUT2D eigenvalue weighted by Crippen LogP contribution is -2.04. The van der Waals surface area contributed by atoms with Crippen LogP contribution in [0.25, 0.3) is 28.1 Å². The van der Waals surface area contributed by atoms with Crippen LogP contribution < -0.4 is 4.74 Å². The van der Waals surface area contributed by atoms with Crippen LogP contribution >= 0.6 is 11.6 Å². The van der Waals surface area contributed by atoms with Gasteiger partial charge in [0.1, 0.15) is 11.3 Å². The van der Waals surface area contributed by atoms with Crippen molar-refractivity contribution in [1.29, 1.82) is 0 Å². The predicted molar refractivity (Wildman–Crippen MR) is 111 cm³/mol. The fourth-order valence-corrected chi connectivity index (χ4v) is 3.82. The SMILES string of the molecule is Cc1ccc(Cl)cc1-c1nc(C)c2c(C)nc3ccc(OCC4CC4)nc3n12. The molecule has 0 amide bonds. The van der Waals surface area contributed by atoms with E-state index in [9.17, 15) is 0 Å². The number of hydrogen-bond acceptors (Lipinski definition) is 4. The second-order valence-electron chi connectivity index (χ2n) is 7.61. The summed E-state index contributed by atoms with van der Waals surface area (Å²) in [6.07, 6.45) is 2.50. The molecule has 3 heterocycles. The molecule has 1 aliphatic rings. The highest BCUT2D eigenvalue weighted by Crippen LogP contribution is 2.32. The standard InChI is InChI=1S/C22H21ClN4O/c1-12-4-7-16(23)10-17(12)21-25-14(3)20-13(2)24-18-8-9-19(26-22(18)27(20)21)28-11-15-5-6-15/h4,7-10,15H,5-6,11H2,1-3H3. The lowest BCUT2D eigenvalue weighted by atomic mass is 10.1. The summed E-state index contributed by atoms with van der Waals surface area (Å²) in [6.45, 7) is 6.81. The Balaban J connectivity index is 1.79. The highest BCUT2D eigenvalue weighted by atomic mass is 35.5. The molecule has 3 aromatic heterocycles. The highest BCUT2D eigenvalue weighted by molar-refractivity contribution is 6.30. The summed E-state index contributed by atoms with van der Waals surface area (Å²) in [4.78, 5) is 14.4. The van der Waals surface area contributed by atoms with Gasteiger partial charge in [-0.25, -0.2) is 9.97 Å². The number of nitrogens with zero attached hydrogens (tertiary/aromatic N) is 4. The van der Waals surface area contributed by atoms with E-state index < -0.39 is 0 Å². The third-order valence-electron chi connectivity index (χ3n) is 5.33. The number of hydrogen-bond donors (Lipinski definition) is 0. The predicted octanol–water partition coefficient (Wildman–Crippen LogP) is 5.31. The molecule has 0 bridgehead atoms. The maximum Gasteiger partial charge on any atom is 0.215 e. The van der Waals surface area contributed by atoms with Crippen molar-refractivity contribution in [2.24, 2.45) is 5.92 Å². The number of rotatable bonds is 4. The molecule has 0 atom stereocenters. The Morgan fingerprint density at radius 3 is 2.61 bits per heavy atom. The van der Waals surface area contributed by atoms with E-state index >= 15 is 0 Å². The van der Waals surface area contributed by atoms with E-state index in [4.69, 9.17) is 31.3 Å². The van der Waals surface area contributed by atoms with Crippen LogP contribution in [0.2, 0.25) is 5.02 Å². The third-order valence-corrected chi connectivity index (χ3v) is 5.56. The Labute approximate surface area is 168 Å². The van der Waals surface area contributed by atoms with Crippen LogP contribution in [0, 0.1) is 26.7 Å². The topological polar surface area (TPSA) is 52.3 Å². The molecule has 0 unspecified atom stereocenters. The molecule has 4 aromatic rings. The average Bonchev–Trinajstić information content (AvgIpc) is 3.44. The van der Waals surface area contributed by atoms with E-state index in [2.05, 4.69) is 11.3 Å². The van der Waals surface area contributed by atoms with E-state index in [0.717, 1.165) is 51.6 Å². The monoisotopic (exact) mass is 392 g/mol. The minimum Gasteiger partial charge on any atom is -0.477 e. The van der Waals surface area contributed by atoms with Gasteiger partial charge >= 0.3 is 0 Å². The van der Waals surface area contributed by atoms with Crippen molar-refractivity contribution >= 4 is 28.3 Å². The van der Waals surface area contributed by atoms with E-state index in [1.165, 1.54) is 12.8 Å². The van der Waals surface area contributed by atoms with Crippen LogP contribution in [0.4, 0.5) is 0 Å². The molecule has 5 nitrogen and oxygen atoms in total. The molecule has 0 spiro atoms. The number of ether oxygens (including phenoxy) is 1. The second kappa shape index (κ2) is 6.45. The molecular weight excluding hydrogens is 372 g/mol. The van der Waals surface area contributed by atoms with E-state index in [-0.39, 0.29) is 0 Å². The van der Waals surface area contributed by atoms with Crippen LogP contribution in [-0.4, -0.2) is 26.0 Å². The molecule has 5 rings (SSSR count). The molecule has 1 saturated carbocycles. The first-order valence-corrected chi connectivity index (χ1v) is 9.95. The molecule has 28 heavy (non-hydrogen) atoms. The van der Waals surface area contributed by atoms with Crippen molar-refractivity contribution in [3.05, 3.63) is 52.3 Å². The summed E-state index contributed by atoms with van der Waals surface area (Å²) < 4.78 is 8.01. The number of pyridine rings is 1. The number of fused-ring (bicyclic) bond motifs is 3. The molecule has 6 heteroatoms. The molecule has 0 radical (unpaired) electrons. The summed E-state index contributed by atoms with van der Waals surface area (Å²) in [5.74, 6) is 2.13. The van der Waals surface area contributed by atoms with Gasteiger partial charge in [-0.2, -0.15) is 4.98 Å². The number of aryl methyl sites for hydroxylation is 3. The number of aromatic nitrogens is 4. The first kappa shape index (κ1) is 17.4. The molecule has 1 aliphatic carbocycles. The van der Waals surface area contributed by atoms with Crippen molar-refractivity contribution < 1.29 is 4.74 Å². The number of halogens is 1. The zero-order valence-corrected chi connectivity index (χ0v) is 16.9. The Hall–Kier alpha value is -2.66. The van der Waals surface area contributed by atoms with Crippen LogP contribution in [0.5, 0.6) is 5.88 Å². The molecular formula is C22H21ClN4O. The van der Waals surface area contributed by atoms with Crippen molar-refractivity contribution in [3.63, 3.8) is 0 Å². The second-order valence-corrected chi connectivity index (χ2v) is 8.04. The van der Waals surface area contributed by atoms with Crippen molar-refractivity contribution in [2.45, 2.75) is 33.6 Å². The van der Waals surface area contributed by atoms with Gasteiger partial charge in [0.05, 0.1) is 23.5 Å². The first-order valence-electron chi connectivity index (χ1n) is 9.57. The van der Waals surface area contributed by atoms with Gasteiger partial charge in [-0.15, -0.1) is 0 Å². The minimum absolute atomic E-state index is 0.631. The summed E-state index contributed by atoms with van der Waals surface area (Å²) in [5, 5.41) is 0.687. The molecule has 142 valence electrons. The fourth-order valence-electron chi connectivity index (χ4n) is 3.65. The van der Waals surface area contributed by atoms with Crippen LogP contribution in [0.15, 0.2) is 30.3 Å². The summed E-state index contributed by atoms with van der Waals surface area (Å²) in [5.41, 5.74) is 6.51. The zero-order chi connectivity index (χ0) is 19.4.